The molecule has 1 heterocycles. The monoisotopic (exact) mass is 455 g/mol. The molecule has 0 aliphatic rings. The molecule has 0 aliphatic carbocycles. The summed E-state index contributed by atoms with van der Waals surface area (Å²) in [6.45, 7) is 8.26. The van der Waals surface area contributed by atoms with E-state index in [0.29, 0.717) is 17.5 Å². The zero-order valence-corrected chi connectivity index (χ0v) is 19.3. The first-order chi connectivity index (χ1) is 15.3. The number of carbonyl (C=O) groups is 2. The standard InChI is InChI=1S/C23H26FN5O2S/c1-5-29-21(16(4)25-22(31)18-8-6-7-9-19(18)24)27-28-23(29)32-13-20(30)26-17-11-10-14(2)15(3)12-17/h6-12,16H,5,13H2,1-4H3,(H,25,31)(H,26,30). The molecule has 3 rings (SSSR count). The molecule has 168 valence electrons. The van der Waals surface area contributed by atoms with E-state index in [2.05, 4.69) is 20.8 Å². The second-order valence-electron chi connectivity index (χ2n) is 7.40. The van der Waals surface area contributed by atoms with E-state index in [4.69, 9.17) is 0 Å². The van der Waals surface area contributed by atoms with Crippen molar-refractivity contribution in [1.29, 1.82) is 0 Å². The van der Waals surface area contributed by atoms with Crippen molar-refractivity contribution < 1.29 is 14.0 Å². The molecule has 32 heavy (non-hydrogen) atoms. The molecule has 0 fully saturated rings. The van der Waals surface area contributed by atoms with Gasteiger partial charge in [-0.3, -0.25) is 9.59 Å². The van der Waals surface area contributed by atoms with Gasteiger partial charge in [-0.15, -0.1) is 10.2 Å². The van der Waals surface area contributed by atoms with Crippen molar-refractivity contribution in [1.82, 2.24) is 20.1 Å². The molecule has 2 aromatic carbocycles. The number of aromatic nitrogens is 3. The number of hydrogen-bond donors (Lipinski definition) is 2. The van der Waals surface area contributed by atoms with Gasteiger partial charge in [0.15, 0.2) is 11.0 Å². The topological polar surface area (TPSA) is 88.9 Å². The number of carbonyl (C=O) groups excluding carboxylic acids is 2. The third kappa shape index (κ3) is 5.53. The third-order valence-electron chi connectivity index (χ3n) is 5.04. The average molecular weight is 456 g/mol. The van der Waals surface area contributed by atoms with Crippen LogP contribution in [0.3, 0.4) is 0 Å². The van der Waals surface area contributed by atoms with Crippen LogP contribution in [0.4, 0.5) is 10.1 Å². The summed E-state index contributed by atoms with van der Waals surface area (Å²) in [4.78, 5) is 24.8. The summed E-state index contributed by atoms with van der Waals surface area (Å²) in [6.07, 6.45) is 0. The number of nitrogens with one attached hydrogen (secondary N) is 2. The van der Waals surface area contributed by atoms with Crippen molar-refractivity contribution in [3.05, 3.63) is 70.8 Å². The Morgan fingerprint density at radius 2 is 1.88 bits per heavy atom. The van der Waals surface area contributed by atoms with Gasteiger partial charge in [-0.1, -0.05) is 30.0 Å². The Morgan fingerprint density at radius 1 is 1.12 bits per heavy atom. The molecule has 0 saturated carbocycles. The Morgan fingerprint density at radius 3 is 2.56 bits per heavy atom. The summed E-state index contributed by atoms with van der Waals surface area (Å²) in [5.41, 5.74) is 3.00. The number of halogens is 1. The first-order valence-corrected chi connectivity index (χ1v) is 11.3. The molecule has 7 nitrogen and oxygen atoms in total. The van der Waals surface area contributed by atoms with Gasteiger partial charge in [0.2, 0.25) is 5.91 Å². The Labute approximate surface area is 190 Å². The molecule has 0 saturated heterocycles. The van der Waals surface area contributed by atoms with Gasteiger partial charge in [-0.2, -0.15) is 0 Å². The van der Waals surface area contributed by atoms with Gasteiger partial charge in [0, 0.05) is 12.2 Å². The molecule has 9 heteroatoms. The van der Waals surface area contributed by atoms with Crippen LogP contribution < -0.4 is 10.6 Å². The fourth-order valence-corrected chi connectivity index (χ4v) is 3.96. The van der Waals surface area contributed by atoms with E-state index >= 15 is 0 Å². The highest BCUT2D eigenvalue weighted by Gasteiger charge is 2.21. The summed E-state index contributed by atoms with van der Waals surface area (Å²) < 4.78 is 15.7. The molecule has 1 aromatic heterocycles. The zero-order valence-electron chi connectivity index (χ0n) is 18.5. The van der Waals surface area contributed by atoms with E-state index in [0.717, 1.165) is 16.8 Å². The van der Waals surface area contributed by atoms with Crippen LogP contribution in [0.5, 0.6) is 0 Å². The molecule has 3 aromatic rings. The van der Waals surface area contributed by atoms with Gasteiger partial charge in [-0.25, -0.2) is 4.39 Å². The smallest absolute Gasteiger partial charge is 0.254 e. The first-order valence-electron chi connectivity index (χ1n) is 10.3. The summed E-state index contributed by atoms with van der Waals surface area (Å²) >= 11 is 1.27. The van der Waals surface area contributed by atoms with Crippen molar-refractivity contribution in [2.24, 2.45) is 0 Å². The second-order valence-corrected chi connectivity index (χ2v) is 8.34. The highest BCUT2D eigenvalue weighted by atomic mass is 32.2. The number of nitrogens with zero attached hydrogens (tertiary/aromatic N) is 3. The number of anilines is 1. The van der Waals surface area contributed by atoms with Crippen LogP contribution in [-0.2, 0) is 11.3 Å². The summed E-state index contributed by atoms with van der Waals surface area (Å²) in [5.74, 6) is -0.551. The lowest BCUT2D eigenvalue weighted by molar-refractivity contribution is -0.113. The highest BCUT2D eigenvalue weighted by molar-refractivity contribution is 7.99. The fourth-order valence-electron chi connectivity index (χ4n) is 3.16. The minimum Gasteiger partial charge on any atom is -0.342 e. The maximum Gasteiger partial charge on any atom is 0.254 e. The van der Waals surface area contributed by atoms with E-state index in [1.165, 1.54) is 30.0 Å². The number of amides is 2. The van der Waals surface area contributed by atoms with E-state index < -0.39 is 17.8 Å². The van der Waals surface area contributed by atoms with Crippen LogP contribution in [0.1, 0.15) is 47.2 Å². The summed E-state index contributed by atoms with van der Waals surface area (Å²) in [5, 5.41) is 14.6. The zero-order chi connectivity index (χ0) is 23.3. The SMILES string of the molecule is CCn1c(SCC(=O)Nc2ccc(C)c(C)c2)nnc1C(C)NC(=O)c1ccccc1F. The van der Waals surface area contributed by atoms with Crippen LogP contribution in [0, 0.1) is 19.7 Å². The largest absolute Gasteiger partial charge is 0.342 e. The maximum atomic E-state index is 13.9. The van der Waals surface area contributed by atoms with Crippen molar-refractivity contribution in [3.8, 4) is 0 Å². The molecule has 1 unspecified atom stereocenters. The maximum absolute atomic E-state index is 13.9. The van der Waals surface area contributed by atoms with E-state index in [1.54, 1.807) is 13.0 Å². The molecular formula is C23H26FN5O2S. The van der Waals surface area contributed by atoms with E-state index in [1.807, 2.05) is 43.5 Å². The molecule has 1 atom stereocenters. The van der Waals surface area contributed by atoms with Crippen molar-refractivity contribution in [3.63, 3.8) is 0 Å². The summed E-state index contributed by atoms with van der Waals surface area (Å²) in [6, 6.07) is 11.1. The number of hydrogen-bond acceptors (Lipinski definition) is 5. The molecule has 0 bridgehead atoms. The van der Waals surface area contributed by atoms with Crippen LogP contribution in [0.25, 0.3) is 0 Å². The quantitative estimate of drug-likeness (QED) is 0.495. The number of benzene rings is 2. The predicted octanol–water partition coefficient (Wildman–Crippen LogP) is 4.28. The molecule has 0 aliphatic heterocycles. The van der Waals surface area contributed by atoms with Crippen molar-refractivity contribution in [2.45, 2.75) is 45.4 Å². The van der Waals surface area contributed by atoms with Crippen LogP contribution in [-0.4, -0.2) is 32.3 Å². The summed E-state index contributed by atoms with van der Waals surface area (Å²) in [7, 11) is 0. The number of aryl methyl sites for hydroxylation is 2. The van der Waals surface area contributed by atoms with Crippen molar-refractivity contribution >= 4 is 29.3 Å². The molecule has 0 radical (unpaired) electrons. The molecule has 0 spiro atoms. The van der Waals surface area contributed by atoms with Gasteiger partial charge in [-0.05, 0) is 63.1 Å². The Balaban J connectivity index is 1.63. The van der Waals surface area contributed by atoms with Crippen LogP contribution in [0.15, 0.2) is 47.6 Å². The number of rotatable bonds is 8. The van der Waals surface area contributed by atoms with Crippen molar-refractivity contribution in [2.75, 3.05) is 11.1 Å². The van der Waals surface area contributed by atoms with E-state index in [9.17, 15) is 14.0 Å². The fraction of sp³-hybridized carbons (Fsp3) is 0.304. The van der Waals surface area contributed by atoms with Gasteiger partial charge in [0.05, 0.1) is 17.4 Å². The van der Waals surface area contributed by atoms with Crippen LogP contribution in [0.2, 0.25) is 0 Å². The van der Waals surface area contributed by atoms with Crippen LogP contribution >= 0.6 is 11.8 Å². The van der Waals surface area contributed by atoms with Gasteiger partial charge >= 0.3 is 0 Å². The Bertz CT molecular complexity index is 1130. The third-order valence-corrected chi connectivity index (χ3v) is 6.00. The highest BCUT2D eigenvalue weighted by Crippen LogP contribution is 2.22. The average Bonchev–Trinajstić information content (AvgIpc) is 3.18. The second kappa shape index (κ2) is 10.4. The van der Waals surface area contributed by atoms with Gasteiger partial charge in [0.25, 0.3) is 5.91 Å². The first kappa shape index (κ1) is 23.5. The van der Waals surface area contributed by atoms with Gasteiger partial charge in [0.1, 0.15) is 5.82 Å². The minimum absolute atomic E-state index is 0.0282. The predicted molar refractivity (Wildman–Crippen MR) is 123 cm³/mol. The van der Waals surface area contributed by atoms with E-state index in [-0.39, 0.29) is 17.2 Å². The Hall–Kier alpha value is -3.20. The normalized spacial score (nSPS) is 11.8. The lowest BCUT2D eigenvalue weighted by Crippen LogP contribution is -2.29. The number of thioether (sulfide) groups is 1. The molecular weight excluding hydrogens is 429 g/mol. The van der Waals surface area contributed by atoms with Gasteiger partial charge < -0.3 is 15.2 Å². The lowest BCUT2D eigenvalue weighted by Gasteiger charge is -2.15. The molecule has 2 N–H and O–H groups in total. The molecule has 2 amide bonds. The lowest BCUT2D eigenvalue weighted by atomic mass is 10.1. The minimum atomic E-state index is -0.583. The Kier molecular flexibility index (Phi) is 7.63.